The van der Waals surface area contributed by atoms with Gasteiger partial charge in [-0.05, 0) is 54.7 Å². The number of rotatable bonds is 6. The van der Waals surface area contributed by atoms with Crippen LogP contribution in [0.4, 0.5) is 0 Å². The summed E-state index contributed by atoms with van der Waals surface area (Å²) in [6.07, 6.45) is 6.49. The van der Waals surface area contributed by atoms with Crippen molar-refractivity contribution in [3.63, 3.8) is 0 Å². The fourth-order valence-electron chi connectivity index (χ4n) is 2.11. The van der Waals surface area contributed by atoms with Gasteiger partial charge in [0.2, 0.25) is 0 Å². The van der Waals surface area contributed by atoms with Gasteiger partial charge in [-0.3, -0.25) is 4.98 Å². The van der Waals surface area contributed by atoms with Gasteiger partial charge >= 0.3 is 0 Å². The van der Waals surface area contributed by atoms with Crippen molar-refractivity contribution in [3.05, 3.63) is 59.9 Å². The van der Waals surface area contributed by atoms with Crippen LogP contribution in [0.15, 0.2) is 48.8 Å². The summed E-state index contributed by atoms with van der Waals surface area (Å²) in [5, 5.41) is 0. The van der Waals surface area contributed by atoms with Crippen LogP contribution in [0.5, 0.6) is 5.75 Å². The standard InChI is InChI=1S/C16H20N2O/c1-19-16-4-2-3-14(12-16)11-15(17)6-5-13-7-9-18-10-8-13/h2-4,7-10,12,15H,5-6,11,17H2,1H3. The molecule has 0 aliphatic rings. The molecule has 1 aromatic heterocycles. The maximum atomic E-state index is 6.19. The number of pyridine rings is 1. The lowest BCUT2D eigenvalue weighted by Crippen LogP contribution is -2.23. The van der Waals surface area contributed by atoms with Gasteiger partial charge in [0, 0.05) is 18.4 Å². The van der Waals surface area contributed by atoms with E-state index < -0.39 is 0 Å². The van der Waals surface area contributed by atoms with Crippen molar-refractivity contribution >= 4 is 0 Å². The molecule has 0 saturated heterocycles. The Kier molecular flexibility index (Phi) is 4.93. The zero-order chi connectivity index (χ0) is 13.5. The Labute approximate surface area is 114 Å². The molecule has 0 aliphatic carbocycles. The number of hydrogen-bond acceptors (Lipinski definition) is 3. The highest BCUT2D eigenvalue weighted by molar-refractivity contribution is 5.29. The predicted octanol–water partition coefficient (Wildman–Crippen LogP) is 2.59. The van der Waals surface area contributed by atoms with E-state index in [0.29, 0.717) is 0 Å². The third-order valence-electron chi connectivity index (χ3n) is 3.19. The first-order chi connectivity index (χ1) is 9.28. The van der Waals surface area contributed by atoms with Crippen LogP contribution in [0.25, 0.3) is 0 Å². The van der Waals surface area contributed by atoms with Crippen molar-refractivity contribution in [2.75, 3.05) is 7.11 Å². The average molecular weight is 256 g/mol. The van der Waals surface area contributed by atoms with E-state index in [4.69, 9.17) is 10.5 Å². The lowest BCUT2D eigenvalue weighted by atomic mass is 10.00. The smallest absolute Gasteiger partial charge is 0.119 e. The van der Waals surface area contributed by atoms with Crippen LogP contribution >= 0.6 is 0 Å². The minimum absolute atomic E-state index is 0.167. The Morgan fingerprint density at radius 1 is 1.16 bits per heavy atom. The van der Waals surface area contributed by atoms with Crippen LogP contribution in [0, 0.1) is 0 Å². The van der Waals surface area contributed by atoms with Crippen LogP contribution < -0.4 is 10.5 Å². The van der Waals surface area contributed by atoms with Crippen LogP contribution in [0.3, 0.4) is 0 Å². The molecule has 0 spiro atoms. The van der Waals surface area contributed by atoms with Crippen LogP contribution in [-0.4, -0.2) is 18.1 Å². The highest BCUT2D eigenvalue weighted by atomic mass is 16.5. The zero-order valence-electron chi connectivity index (χ0n) is 11.3. The van der Waals surface area contributed by atoms with Gasteiger partial charge in [0.25, 0.3) is 0 Å². The molecule has 3 heteroatoms. The number of benzene rings is 1. The quantitative estimate of drug-likeness (QED) is 0.864. The van der Waals surface area contributed by atoms with Crippen LogP contribution in [-0.2, 0) is 12.8 Å². The summed E-state index contributed by atoms with van der Waals surface area (Å²) in [4.78, 5) is 4.01. The summed E-state index contributed by atoms with van der Waals surface area (Å²) in [7, 11) is 1.68. The number of methoxy groups -OCH3 is 1. The molecular formula is C16H20N2O. The minimum Gasteiger partial charge on any atom is -0.497 e. The van der Waals surface area contributed by atoms with Gasteiger partial charge in [0.1, 0.15) is 5.75 Å². The van der Waals surface area contributed by atoms with Gasteiger partial charge in [-0.15, -0.1) is 0 Å². The van der Waals surface area contributed by atoms with E-state index in [-0.39, 0.29) is 6.04 Å². The van der Waals surface area contributed by atoms with Crippen molar-refractivity contribution in [3.8, 4) is 5.75 Å². The molecule has 0 amide bonds. The third-order valence-corrected chi connectivity index (χ3v) is 3.19. The van der Waals surface area contributed by atoms with E-state index in [1.807, 2.05) is 42.7 Å². The molecule has 0 radical (unpaired) electrons. The number of ether oxygens (including phenoxy) is 1. The zero-order valence-corrected chi connectivity index (χ0v) is 11.3. The Bertz CT molecular complexity index is 499. The molecule has 3 nitrogen and oxygen atoms in total. The summed E-state index contributed by atoms with van der Waals surface area (Å²) in [5.41, 5.74) is 8.70. The molecule has 2 aromatic rings. The second kappa shape index (κ2) is 6.90. The van der Waals surface area contributed by atoms with E-state index in [0.717, 1.165) is 25.0 Å². The normalized spacial score (nSPS) is 12.1. The summed E-state index contributed by atoms with van der Waals surface area (Å²) < 4.78 is 5.22. The SMILES string of the molecule is COc1cccc(CC(N)CCc2ccncc2)c1. The van der Waals surface area contributed by atoms with Gasteiger partial charge in [-0.1, -0.05) is 12.1 Å². The Morgan fingerprint density at radius 3 is 2.68 bits per heavy atom. The molecule has 2 rings (SSSR count). The fraction of sp³-hybridized carbons (Fsp3) is 0.312. The number of aryl methyl sites for hydroxylation is 1. The molecule has 0 bridgehead atoms. The topological polar surface area (TPSA) is 48.1 Å². The molecular weight excluding hydrogens is 236 g/mol. The van der Waals surface area contributed by atoms with E-state index in [1.54, 1.807) is 7.11 Å². The predicted molar refractivity (Wildman–Crippen MR) is 77.2 cm³/mol. The largest absolute Gasteiger partial charge is 0.497 e. The van der Waals surface area contributed by atoms with Gasteiger partial charge in [0.05, 0.1) is 7.11 Å². The van der Waals surface area contributed by atoms with E-state index >= 15 is 0 Å². The van der Waals surface area contributed by atoms with E-state index in [1.165, 1.54) is 11.1 Å². The average Bonchev–Trinajstić information content (AvgIpc) is 2.46. The molecule has 1 aromatic carbocycles. The summed E-state index contributed by atoms with van der Waals surface area (Å²) in [5.74, 6) is 0.888. The molecule has 1 heterocycles. The molecule has 0 aliphatic heterocycles. The lowest BCUT2D eigenvalue weighted by molar-refractivity contribution is 0.414. The van der Waals surface area contributed by atoms with Crippen molar-refractivity contribution in [1.29, 1.82) is 0 Å². The molecule has 1 unspecified atom stereocenters. The first kappa shape index (κ1) is 13.6. The Morgan fingerprint density at radius 2 is 1.95 bits per heavy atom. The summed E-state index contributed by atoms with van der Waals surface area (Å²) in [6.45, 7) is 0. The van der Waals surface area contributed by atoms with E-state index in [9.17, 15) is 0 Å². The highest BCUT2D eigenvalue weighted by Gasteiger charge is 2.05. The van der Waals surface area contributed by atoms with Crippen molar-refractivity contribution in [2.45, 2.75) is 25.3 Å². The maximum absolute atomic E-state index is 6.19. The number of nitrogens with two attached hydrogens (primary N) is 1. The molecule has 1 atom stereocenters. The summed E-state index contributed by atoms with van der Waals surface area (Å²) in [6, 6.07) is 12.3. The van der Waals surface area contributed by atoms with Crippen LogP contribution in [0.1, 0.15) is 17.5 Å². The molecule has 0 saturated carbocycles. The second-order valence-electron chi connectivity index (χ2n) is 4.71. The second-order valence-corrected chi connectivity index (χ2v) is 4.71. The minimum atomic E-state index is 0.167. The maximum Gasteiger partial charge on any atom is 0.119 e. The van der Waals surface area contributed by atoms with Gasteiger partial charge in [0.15, 0.2) is 0 Å². The molecule has 19 heavy (non-hydrogen) atoms. The Balaban J connectivity index is 1.85. The first-order valence-corrected chi connectivity index (χ1v) is 6.55. The third kappa shape index (κ3) is 4.38. The number of hydrogen-bond donors (Lipinski definition) is 1. The van der Waals surface area contributed by atoms with Crippen molar-refractivity contribution < 1.29 is 4.74 Å². The lowest BCUT2D eigenvalue weighted by Gasteiger charge is -2.12. The monoisotopic (exact) mass is 256 g/mol. The summed E-state index contributed by atoms with van der Waals surface area (Å²) >= 11 is 0. The molecule has 100 valence electrons. The number of nitrogens with zero attached hydrogens (tertiary/aromatic N) is 1. The highest BCUT2D eigenvalue weighted by Crippen LogP contribution is 2.15. The Hall–Kier alpha value is -1.87. The van der Waals surface area contributed by atoms with Gasteiger partial charge < -0.3 is 10.5 Å². The molecule has 0 fully saturated rings. The van der Waals surface area contributed by atoms with Crippen LogP contribution in [0.2, 0.25) is 0 Å². The van der Waals surface area contributed by atoms with Crippen molar-refractivity contribution in [1.82, 2.24) is 4.98 Å². The van der Waals surface area contributed by atoms with Gasteiger partial charge in [-0.25, -0.2) is 0 Å². The number of aromatic nitrogens is 1. The van der Waals surface area contributed by atoms with E-state index in [2.05, 4.69) is 11.1 Å². The molecule has 2 N–H and O–H groups in total. The van der Waals surface area contributed by atoms with Gasteiger partial charge in [-0.2, -0.15) is 0 Å². The first-order valence-electron chi connectivity index (χ1n) is 6.55. The van der Waals surface area contributed by atoms with Crippen molar-refractivity contribution in [2.24, 2.45) is 5.73 Å². The fourth-order valence-corrected chi connectivity index (χ4v) is 2.11.